The van der Waals surface area contributed by atoms with E-state index in [1.165, 1.54) is 334 Å². The van der Waals surface area contributed by atoms with E-state index in [2.05, 4.69) is 31.3 Å². The second kappa shape index (κ2) is 68.8. The molecule has 0 aromatic rings. The van der Waals surface area contributed by atoms with Gasteiger partial charge in [-0.05, 0) is 57.8 Å². The van der Waals surface area contributed by atoms with E-state index < -0.39 is 12.1 Å². The molecule has 0 heterocycles. The zero-order chi connectivity index (χ0) is 57.1. The molecular formula is C73H141NO5. The predicted molar refractivity (Wildman–Crippen MR) is 347 cm³/mol. The monoisotopic (exact) mass is 1110 g/mol. The van der Waals surface area contributed by atoms with Crippen molar-refractivity contribution in [2.24, 2.45) is 0 Å². The summed E-state index contributed by atoms with van der Waals surface area (Å²) in [7, 11) is 0. The van der Waals surface area contributed by atoms with Gasteiger partial charge in [-0.15, -0.1) is 0 Å². The topological polar surface area (TPSA) is 95.9 Å². The maximum atomic E-state index is 12.5. The van der Waals surface area contributed by atoms with Gasteiger partial charge in [0.15, 0.2) is 0 Å². The molecule has 0 rings (SSSR count). The number of aliphatic hydroxyl groups excluding tert-OH is 2. The molecule has 468 valence electrons. The molecule has 0 radical (unpaired) electrons. The van der Waals surface area contributed by atoms with Crippen LogP contribution in [0.2, 0.25) is 0 Å². The fraction of sp³-hybridized carbons (Fsp3) is 0.918. The molecule has 0 aliphatic rings. The number of aliphatic hydroxyl groups is 2. The Bertz CT molecular complexity index is 1230. The van der Waals surface area contributed by atoms with E-state index >= 15 is 0 Å². The first-order valence-corrected chi connectivity index (χ1v) is 36.1. The standard InChI is InChI=1S/C73H141NO5/c1-3-5-7-9-11-13-15-17-42-45-49-53-57-61-65-71(76)70(69-75)74-72(77)66-62-58-54-50-46-43-39-37-35-33-31-29-27-25-23-21-19-18-20-22-24-26-28-30-32-34-36-38-40-44-48-52-56-60-64-68-79-73(78)67-63-59-55-51-47-41-16-14-12-10-8-6-4-2/h14,16,61,65,70-71,75-76H,3-13,15,17-60,62-64,66-69H2,1-2H3,(H,74,77)/b16-14-,65-61+. The number of esters is 1. The van der Waals surface area contributed by atoms with Crippen LogP contribution in [-0.2, 0) is 14.3 Å². The molecule has 0 bridgehead atoms. The highest BCUT2D eigenvalue weighted by Gasteiger charge is 2.18. The Hall–Kier alpha value is -1.66. The molecule has 79 heavy (non-hydrogen) atoms. The van der Waals surface area contributed by atoms with Crippen LogP contribution >= 0.6 is 0 Å². The second-order valence-electron chi connectivity index (χ2n) is 24.9. The maximum Gasteiger partial charge on any atom is 0.305 e. The smallest absolute Gasteiger partial charge is 0.305 e. The number of carbonyl (C=O) groups excluding carboxylic acids is 2. The van der Waals surface area contributed by atoms with E-state index in [1.54, 1.807) is 6.08 Å². The van der Waals surface area contributed by atoms with Gasteiger partial charge in [-0.3, -0.25) is 9.59 Å². The molecule has 3 N–H and O–H groups in total. The van der Waals surface area contributed by atoms with E-state index in [0.29, 0.717) is 19.4 Å². The molecule has 1 amide bonds. The van der Waals surface area contributed by atoms with Crippen molar-refractivity contribution < 1.29 is 24.5 Å². The summed E-state index contributed by atoms with van der Waals surface area (Å²) < 4.78 is 5.48. The van der Waals surface area contributed by atoms with Crippen molar-refractivity contribution in [3.63, 3.8) is 0 Å². The summed E-state index contributed by atoms with van der Waals surface area (Å²) in [5.74, 6) is -0.0469. The summed E-state index contributed by atoms with van der Waals surface area (Å²) in [5.41, 5.74) is 0. The minimum atomic E-state index is -0.840. The number of amides is 1. The van der Waals surface area contributed by atoms with Gasteiger partial charge in [0.25, 0.3) is 0 Å². The fourth-order valence-corrected chi connectivity index (χ4v) is 11.5. The lowest BCUT2D eigenvalue weighted by Gasteiger charge is -2.20. The van der Waals surface area contributed by atoms with Crippen LogP contribution in [-0.4, -0.2) is 47.4 Å². The number of allylic oxidation sites excluding steroid dienone is 3. The number of nitrogens with one attached hydrogen (secondary N) is 1. The van der Waals surface area contributed by atoms with Crippen LogP contribution in [0.25, 0.3) is 0 Å². The molecule has 2 atom stereocenters. The van der Waals surface area contributed by atoms with Gasteiger partial charge in [-0.1, -0.05) is 359 Å². The van der Waals surface area contributed by atoms with Gasteiger partial charge in [0.1, 0.15) is 0 Å². The van der Waals surface area contributed by atoms with Crippen molar-refractivity contribution in [2.45, 2.75) is 418 Å². The summed E-state index contributed by atoms with van der Waals surface area (Å²) in [4.78, 5) is 24.5. The molecule has 0 aliphatic carbocycles. The molecular weight excluding hydrogens is 971 g/mol. The van der Waals surface area contributed by atoms with Crippen LogP contribution in [0.15, 0.2) is 24.3 Å². The Labute approximate surface area is 494 Å². The number of hydrogen-bond acceptors (Lipinski definition) is 5. The Morgan fingerprint density at radius 2 is 0.595 bits per heavy atom. The quantitative estimate of drug-likeness (QED) is 0.0320. The Morgan fingerprint density at radius 1 is 0.342 bits per heavy atom. The van der Waals surface area contributed by atoms with Gasteiger partial charge in [-0.2, -0.15) is 0 Å². The summed E-state index contributed by atoms with van der Waals surface area (Å²) in [6, 6.07) is -0.623. The Kier molecular flexibility index (Phi) is 67.4. The van der Waals surface area contributed by atoms with Crippen molar-refractivity contribution in [2.75, 3.05) is 13.2 Å². The van der Waals surface area contributed by atoms with E-state index in [4.69, 9.17) is 4.74 Å². The first kappa shape index (κ1) is 77.3. The average molecular weight is 1110 g/mol. The van der Waals surface area contributed by atoms with Crippen molar-refractivity contribution >= 4 is 11.9 Å². The molecule has 0 aromatic heterocycles. The average Bonchev–Trinajstić information content (AvgIpc) is 3.45. The third kappa shape index (κ3) is 65.4. The van der Waals surface area contributed by atoms with Gasteiger partial charge >= 0.3 is 5.97 Å². The van der Waals surface area contributed by atoms with Gasteiger partial charge in [0, 0.05) is 12.8 Å². The van der Waals surface area contributed by atoms with Crippen LogP contribution in [0.3, 0.4) is 0 Å². The number of unbranched alkanes of at least 4 members (excludes halogenated alkanes) is 55. The SMILES string of the molecule is CCCCCC/C=C\CCCCCCCC(=O)OCCCCCCCCCCCCCCCCCCCCCCCCCCCCCCCCCCCCCC(=O)NC(CO)C(O)/C=C/CCCCCCCCCCCCCC. The summed E-state index contributed by atoms with van der Waals surface area (Å²) in [6.45, 7) is 4.92. The third-order valence-electron chi connectivity index (χ3n) is 17.0. The van der Waals surface area contributed by atoms with E-state index in [-0.39, 0.29) is 18.5 Å². The predicted octanol–water partition coefficient (Wildman–Crippen LogP) is 23.3. The minimum absolute atomic E-state index is 0.0136. The summed E-state index contributed by atoms with van der Waals surface area (Å²) >= 11 is 0. The summed E-state index contributed by atoms with van der Waals surface area (Å²) in [5, 5.41) is 23.1. The number of carbonyl (C=O) groups is 2. The number of ether oxygens (including phenoxy) is 1. The largest absolute Gasteiger partial charge is 0.466 e. The molecule has 6 heteroatoms. The van der Waals surface area contributed by atoms with Crippen molar-refractivity contribution in [1.29, 1.82) is 0 Å². The number of hydrogen-bond donors (Lipinski definition) is 3. The second-order valence-corrected chi connectivity index (χ2v) is 24.9. The van der Waals surface area contributed by atoms with Crippen molar-refractivity contribution in [1.82, 2.24) is 5.32 Å². The lowest BCUT2D eigenvalue weighted by Crippen LogP contribution is -2.45. The van der Waals surface area contributed by atoms with E-state index in [1.807, 2.05) is 6.08 Å². The van der Waals surface area contributed by atoms with Gasteiger partial charge < -0.3 is 20.3 Å². The van der Waals surface area contributed by atoms with Gasteiger partial charge in [0.05, 0.1) is 25.4 Å². The highest BCUT2D eigenvalue weighted by molar-refractivity contribution is 5.76. The number of rotatable bonds is 68. The van der Waals surface area contributed by atoms with Crippen LogP contribution in [0.4, 0.5) is 0 Å². The van der Waals surface area contributed by atoms with Gasteiger partial charge in [-0.25, -0.2) is 0 Å². The Balaban J connectivity index is 3.31. The first-order chi connectivity index (χ1) is 39.0. The Morgan fingerprint density at radius 3 is 0.911 bits per heavy atom. The van der Waals surface area contributed by atoms with Crippen LogP contribution in [0, 0.1) is 0 Å². The highest BCUT2D eigenvalue weighted by atomic mass is 16.5. The van der Waals surface area contributed by atoms with Crippen LogP contribution < -0.4 is 5.32 Å². The summed E-state index contributed by atoms with van der Waals surface area (Å²) in [6.07, 6.45) is 87.1. The molecule has 0 saturated carbocycles. The third-order valence-corrected chi connectivity index (χ3v) is 17.0. The van der Waals surface area contributed by atoms with Crippen LogP contribution in [0.1, 0.15) is 406 Å². The molecule has 2 unspecified atom stereocenters. The maximum absolute atomic E-state index is 12.5. The lowest BCUT2D eigenvalue weighted by molar-refractivity contribution is -0.143. The zero-order valence-electron chi connectivity index (χ0n) is 53.6. The molecule has 0 aromatic carbocycles. The molecule has 0 spiro atoms. The normalized spacial score (nSPS) is 12.6. The fourth-order valence-electron chi connectivity index (χ4n) is 11.5. The van der Waals surface area contributed by atoms with E-state index in [9.17, 15) is 19.8 Å². The van der Waals surface area contributed by atoms with Gasteiger partial charge in [0.2, 0.25) is 5.91 Å². The van der Waals surface area contributed by atoms with Crippen molar-refractivity contribution in [3.05, 3.63) is 24.3 Å². The minimum Gasteiger partial charge on any atom is -0.466 e. The zero-order valence-corrected chi connectivity index (χ0v) is 53.6. The molecule has 6 nitrogen and oxygen atoms in total. The lowest BCUT2D eigenvalue weighted by atomic mass is 10.0. The molecule has 0 aliphatic heterocycles. The van der Waals surface area contributed by atoms with Crippen molar-refractivity contribution in [3.8, 4) is 0 Å². The first-order valence-electron chi connectivity index (χ1n) is 36.1. The highest BCUT2D eigenvalue weighted by Crippen LogP contribution is 2.19. The van der Waals surface area contributed by atoms with E-state index in [0.717, 1.165) is 44.9 Å². The molecule has 0 fully saturated rings. The van der Waals surface area contributed by atoms with Crippen LogP contribution in [0.5, 0.6) is 0 Å². The molecule has 0 saturated heterocycles.